The van der Waals surface area contributed by atoms with E-state index in [4.69, 9.17) is 27.9 Å². The average molecular weight is 356 g/mol. The van der Waals surface area contributed by atoms with Gasteiger partial charge < -0.3 is 9.64 Å². The quantitative estimate of drug-likeness (QED) is 0.613. The first kappa shape index (κ1) is 15.9. The van der Waals surface area contributed by atoms with E-state index in [1.54, 1.807) is 24.2 Å². The lowest BCUT2D eigenvalue weighted by Gasteiger charge is -2.27. The van der Waals surface area contributed by atoms with Crippen LogP contribution in [0.2, 0.25) is 10.0 Å². The van der Waals surface area contributed by atoms with E-state index in [2.05, 4.69) is 14.9 Å². The monoisotopic (exact) mass is 355 g/mol. The minimum atomic E-state index is 0.649. The lowest BCUT2D eigenvalue weighted by atomic mass is 10.2. The van der Waals surface area contributed by atoms with Gasteiger partial charge in [-0.2, -0.15) is 0 Å². The van der Waals surface area contributed by atoms with Crippen molar-refractivity contribution in [3.8, 4) is 0 Å². The number of halogens is 2. The van der Waals surface area contributed by atoms with Gasteiger partial charge in [0.2, 0.25) is 0 Å². The second-order valence-electron chi connectivity index (χ2n) is 4.84. The van der Waals surface area contributed by atoms with E-state index < -0.39 is 0 Å². The molecule has 0 N–H and O–H groups in total. The SMILES string of the molecule is Clc1ccc(CSc2cc(N3CCOCC3)ncn2)c(Cl)c1. The van der Waals surface area contributed by atoms with E-state index >= 15 is 0 Å². The summed E-state index contributed by atoms with van der Waals surface area (Å²) in [6.45, 7) is 3.22. The predicted octanol–water partition coefficient (Wildman–Crippen LogP) is 3.91. The van der Waals surface area contributed by atoms with Crippen LogP contribution < -0.4 is 4.90 Å². The maximum atomic E-state index is 6.20. The molecule has 1 aliphatic rings. The second-order valence-corrected chi connectivity index (χ2v) is 6.68. The van der Waals surface area contributed by atoms with Crippen molar-refractivity contribution in [2.75, 3.05) is 31.2 Å². The lowest BCUT2D eigenvalue weighted by molar-refractivity contribution is 0.122. The highest BCUT2D eigenvalue weighted by molar-refractivity contribution is 7.98. The molecule has 3 rings (SSSR count). The third-order valence-corrected chi connectivity index (χ3v) is 4.91. The third kappa shape index (κ3) is 4.04. The summed E-state index contributed by atoms with van der Waals surface area (Å²) < 4.78 is 5.36. The molecule has 0 atom stereocenters. The molecule has 0 amide bonds. The summed E-state index contributed by atoms with van der Waals surface area (Å²) in [7, 11) is 0. The normalized spacial score (nSPS) is 15.1. The number of anilines is 1. The van der Waals surface area contributed by atoms with Crippen molar-refractivity contribution in [1.82, 2.24) is 9.97 Å². The fourth-order valence-electron chi connectivity index (χ4n) is 2.16. The maximum absolute atomic E-state index is 6.20. The molecule has 0 spiro atoms. The summed E-state index contributed by atoms with van der Waals surface area (Å²) >= 11 is 13.7. The van der Waals surface area contributed by atoms with Crippen molar-refractivity contribution < 1.29 is 4.74 Å². The molecule has 0 unspecified atom stereocenters. The Morgan fingerprint density at radius 3 is 2.73 bits per heavy atom. The van der Waals surface area contributed by atoms with Crippen molar-refractivity contribution >= 4 is 40.8 Å². The Morgan fingerprint density at radius 2 is 1.95 bits per heavy atom. The van der Waals surface area contributed by atoms with Crippen molar-refractivity contribution in [2.45, 2.75) is 10.8 Å². The van der Waals surface area contributed by atoms with Crippen LogP contribution in [0.15, 0.2) is 35.6 Å². The van der Waals surface area contributed by atoms with Gasteiger partial charge in [0.05, 0.1) is 13.2 Å². The molecular weight excluding hydrogens is 341 g/mol. The molecule has 0 radical (unpaired) electrons. The largest absolute Gasteiger partial charge is 0.378 e. The smallest absolute Gasteiger partial charge is 0.133 e. The molecule has 1 aliphatic heterocycles. The standard InChI is InChI=1S/C15H15Cl2N3OS/c16-12-2-1-11(13(17)7-12)9-22-15-8-14(18-10-19-15)20-3-5-21-6-4-20/h1-2,7-8,10H,3-6,9H2. The third-order valence-electron chi connectivity index (χ3n) is 3.35. The predicted molar refractivity (Wildman–Crippen MR) is 91.1 cm³/mol. The summed E-state index contributed by atoms with van der Waals surface area (Å²) in [6, 6.07) is 7.57. The molecule has 116 valence electrons. The average Bonchev–Trinajstić information content (AvgIpc) is 2.55. The Labute approximate surface area is 143 Å². The molecule has 1 saturated heterocycles. The maximum Gasteiger partial charge on any atom is 0.133 e. The zero-order chi connectivity index (χ0) is 15.4. The van der Waals surface area contributed by atoms with Gasteiger partial charge in [0.1, 0.15) is 17.2 Å². The summed E-state index contributed by atoms with van der Waals surface area (Å²) in [5.74, 6) is 1.69. The van der Waals surface area contributed by atoms with Crippen LogP contribution in [0.25, 0.3) is 0 Å². The highest BCUT2D eigenvalue weighted by Gasteiger charge is 2.13. The number of aromatic nitrogens is 2. The summed E-state index contributed by atoms with van der Waals surface area (Å²) in [4.78, 5) is 10.9. The Bertz CT molecular complexity index is 650. The van der Waals surface area contributed by atoms with Gasteiger partial charge in [0.25, 0.3) is 0 Å². The van der Waals surface area contributed by atoms with Crippen molar-refractivity contribution in [2.24, 2.45) is 0 Å². The van der Waals surface area contributed by atoms with Crippen LogP contribution in [-0.4, -0.2) is 36.3 Å². The molecule has 7 heteroatoms. The zero-order valence-corrected chi connectivity index (χ0v) is 14.2. The van der Waals surface area contributed by atoms with Gasteiger partial charge >= 0.3 is 0 Å². The molecule has 22 heavy (non-hydrogen) atoms. The summed E-state index contributed by atoms with van der Waals surface area (Å²) in [6.07, 6.45) is 1.61. The fourth-order valence-corrected chi connectivity index (χ4v) is 3.58. The van der Waals surface area contributed by atoms with Crippen LogP contribution in [0.4, 0.5) is 5.82 Å². The van der Waals surface area contributed by atoms with Gasteiger partial charge in [-0.05, 0) is 17.7 Å². The Kier molecular flexibility index (Phi) is 5.41. The lowest BCUT2D eigenvalue weighted by Crippen LogP contribution is -2.36. The van der Waals surface area contributed by atoms with Gasteiger partial charge in [-0.3, -0.25) is 0 Å². The van der Waals surface area contributed by atoms with Crippen LogP contribution in [0, 0.1) is 0 Å². The molecule has 0 saturated carbocycles. The van der Waals surface area contributed by atoms with Gasteiger partial charge in [-0.1, -0.05) is 29.3 Å². The number of thioether (sulfide) groups is 1. The Balaban J connectivity index is 1.67. The Hall–Kier alpha value is -1.01. The Morgan fingerprint density at radius 1 is 1.14 bits per heavy atom. The van der Waals surface area contributed by atoms with Crippen LogP contribution >= 0.6 is 35.0 Å². The first-order valence-electron chi connectivity index (χ1n) is 6.94. The molecular formula is C15H15Cl2N3OS. The second kappa shape index (κ2) is 7.51. The number of hydrogen-bond donors (Lipinski definition) is 0. The number of ether oxygens (including phenoxy) is 1. The van der Waals surface area contributed by atoms with Crippen LogP contribution in [0.5, 0.6) is 0 Å². The molecule has 2 heterocycles. The van der Waals surface area contributed by atoms with E-state index in [-0.39, 0.29) is 0 Å². The number of benzene rings is 1. The number of nitrogens with zero attached hydrogens (tertiary/aromatic N) is 3. The minimum Gasteiger partial charge on any atom is -0.378 e. The molecule has 4 nitrogen and oxygen atoms in total. The highest BCUT2D eigenvalue weighted by Crippen LogP contribution is 2.28. The number of hydrogen-bond acceptors (Lipinski definition) is 5. The number of morpholine rings is 1. The highest BCUT2D eigenvalue weighted by atomic mass is 35.5. The molecule has 1 fully saturated rings. The van der Waals surface area contributed by atoms with Gasteiger partial charge in [0, 0.05) is 35.0 Å². The zero-order valence-electron chi connectivity index (χ0n) is 11.8. The number of rotatable bonds is 4. The van der Waals surface area contributed by atoms with Gasteiger partial charge in [-0.15, -0.1) is 11.8 Å². The fraction of sp³-hybridized carbons (Fsp3) is 0.333. The van der Waals surface area contributed by atoms with Crippen molar-refractivity contribution in [3.63, 3.8) is 0 Å². The van der Waals surface area contributed by atoms with E-state index in [9.17, 15) is 0 Å². The minimum absolute atomic E-state index is 0.649. The van der Waals surface area contributed by atoms with E-state index in [1.807, 2.05) is 18.2 Å². The first-order valence-corrected chi connectivity index (χ1v) is 8.68. The molecule has 2 aromatic rings. The van der Waals surface area contributed by atoms with Crippen LogP contribution in [0.1, 0.15) is 5.56 Å². The van der Waals surface area contributed by atoms with Crippen LogP contribution in [-0.2, 0) is 10.5 Å². The molecule has 0 bridgehead atoms. The first-order chi connectivity index (χ1) is 10.7. The van der Waals surface area contributed by atoms with Gasteiger partial charge in [-0.25, -0.2) is 9.97 Å². The van der Waals surface area contributed by atoms with E-state index in [0.29, 0.717) is 10.0 Å². The van der Waals surface area contributed by atoms with E-state index in [0.717, 1.165) is 48.5 Å². The van der Waals surface area contributed by atoms with Crippen molar-refractivity contribution in [3.05, 3.63) is 46.2 Å². The van der Waals surface area contributed by atoms with Gasteiger partial charge in [0.15, 0.2) is 0 Å². The topological polar surface area (TPSA) is 38.2 Å². The summed E-state index contributed by atoms with van der Waals surface area (Å²) in [5, 5.41) is 2.26. The molecule has 0 aliphatic carbocycles. The van der Waals surface area contributed by atoms with E-state index in [1.165, 1.54) is 0 Å². The van der Waals surface area contributed by atoms with Crippen LogP contribution in [0.3, 0.4) is 0 Å². The molecule has 1 aromatic heterocycles. The molecule has 1 aromatic carbocycles. The van der Waals surface area contributed by atoms with Crippen molar-refractivity contribution in [1.29, 1.82) is 0 Å². The summed E-state index contributed by atoms with van der Waals surface area (Å²) in [5.41, 5.74) is 1.04.